The Kier molecular flexibility index (Phi) is 6.86. The summed E-state index contributed by atoms with van der Waals surface area (Å²) in [6.07, 6.45) is -0.293. The number of hydrogen-bond acceptors (Lipinski definition) is 3. The first kappa shape index (κ1) is 14.2. The Balaban J connectivity index is 2.38. The number of aliphatic hydroxyl groups excluding tert-OH is 1. The van der Waals surface area contributed by atoms with E-state index in [0.29, 0.717) is 6.54 Å². The van der Waals surface area contributed by atoms with Crippen LogP contribution < -0.4 is 5.32 Å². The fraction of sp³-hybridized carbons (Fsp3) is 0.571. The summed E-state index contributed by atoms with van der Waals surface area (Å²) in [5.41, 5.74) is 1.30. The lowest BCUT2D eigenvalue weighted by molar-refractivity contribution is 0.111. The minimum Gasteiger partial charge on any atom is -0.390 e. The van der Waals surface area contributed by atoms with Gasteiger partial charge in [0.15, 0.2) is 0 Å². The summed E-state index contributed by atoms with van der Waals surface area (Å²) in [6.45, 7) is 8.33. The molecule has 0 amide bonds. The fourth-order valence-corrected chi connectivity index (χ4v) is 1.82. The third-order valence-electron chi connectivity index (χ3n) is 2.80. The summed E-state index contributed by atoms with van der Waals surface area (Å²) in [5.74, 6) is 0. The highest BCUT2D eigenvalue weighted by atomic mass is 16.3. The first-order chi connectivity index (χ1) is 8.26. The number of benzene rings is 1. The SMILES string of the molecule is CCNCC(O)CN(CC)Cc1ccccc1. The number of nitrogens with zero attached hydrogens (tertiary/aromatic N) is 1. The molecular formula is C14H24N2O. The van der Waals surface area contributed by atoms with Gasteiger partial charge in [0.05, 0.1) is 6.10 Å². The van der Waals surface area contributed by atoms with E-state index in [1.807, 2.05) is 13.0 Å². The van der Waals surface area contributed by atoms with E-state index in [1.165, 1.54) is 5.56 Å². The highest BCUT2D eigenvalue weighted by Crippen LogP contribution is 2.04. The predicted octanol–water partition coefficient (Wildman–Crippen LogP) is 1.48. The van der Waals surface area contributed by atoms with Crippen LogP contribution in [0.25, 0.3) is 0 Å². The van der Waals surface area contributed by atoms with Crippen molar-refractivity contribution < 1.29 is 5.11 Å². The van der Waals surface area contributed by atoms with Crippen LogP contribution in [0.15, 0.2) is 30.3 Å². The molecule has 0 aliphatic rings. The largest absolute Gasteiger partial charge is 0.390 e. The second-order valence-electron chi connectivity index (χ2n) is 4.27. The van der Waals surface area contributed by atoms with Gasteiger partial charge >= 0.3 is 0 Å². The van der Waals surface area contributed by atoms with Crippen molar-refractivity contribution in [2.45, 2.75) is 26.5 Å². The zero-order valence-corrected chi connectivity index (χ0v) is 10.9. The van der Waals surface area contributed by atoms with Crippen LogP contribution in [0.4, 0.5) is 0 Å². The molecule has 0 spiro atoms. The summed E-state index contributed by atoms with van der Waals surface area (Å²) in [6, 6.07) is 10.4. The molecule has 2 N–H and O–H groups in total. The minimum absolute atomic E-state index is 0.293. The molecule has 0 aliphatic carbocycles. The number of hydrogen-bond donors (Lipinski definition) is 2. The maximum Gasteiger partial charge on any atom is 0.0791 e. The molecule has 17 heavy (non-hydrogen) atoms. The lowest BCUT2D eigenvalue weighted by atomic mass is 10.2. The second-order valence-corrected chi connectivity index (χ2v) is 4.27. The van der Waals surface area contributed by atoms with Crippen LogP contribution in [0.5, 0.6) is 0 Å². The van der Waals surface area contributed by atoms with Crippen LogP contribution in [0.1, 0.15) is 19.4 Å². The Bertz CT molecular complexity index is 290. The lowest BCUT2D eigenvalue weighted by Crippen LogP contribution is -2.38. The lowest BCUT2D eigenvalue weighted by Gasteiger charge is -2.23. The topological polar surface area (TPSA) is 35.5 Å². The van der Waals surface area contributed by atoms with Gasteiger partial charge in [-0.05, 0) is 18.7 Å². The van der Waals surface area contributed by atoms with Gasteiger partial charge in [0.2, 0.25) is 0 Å². The van der Waals surface area contributed by atoms with E-state index in [0.717, 1.165) is 26.2 Å². The average molecular weight is 236 g/mol. The Hall–Kier alpha value is -0.900. The molecule has 0 saturated heterocycles. The van der Waals surface area contributed by atoms with Crippen molar-refractivity contribution in [1.82, 2.24) is 10.2 Å². The van der Waals surface area contributed by atoms with E-state index in [1.54, 1.807) is 0 Å². The first-order valence-corrected chi connectivity index (χ1v) is 6.41. The maximum atomic E-state index is 9.86. The van der Waals surface area contributed by atoms with Crippen LogP contribution >= 0.6 is 0 Å². The van der Waals surface area contributed by atoms with Crippen molar-refractivity contribution >= 4 is 0 Å². The van der Waals surface area contributed by atoms with Gasteiger partial charge in [-0.15, -0.1) is 0 Å². The maximum absolute atomic E-state index is 9.86. The van der Waals surface area contributed by atoms with Crippen molar-refractivity contribution in [1.29, 1.82) is 0 Å². The van der Waals surface area contributed by atoms with E-state index in [4.69, 9.17) is 0 Å². The molecule has 0 aromatic heterocycles. The standard InChI is InChI=1S/C14H24N2O/c1-3-15-10-14(17)12-16(4-2)11-13-8-6-5-7-9-13/h5-9,14-15,17H,3-4,10-12H2,1-2H3. The van der Waals surface area contributed by atoms with Crippen LogP contribution in [0, 0.1) is 0 Å². The first-order valence-electron chi connectivity index (χ1n) is 6.41. The summed E-state index contributed by atoms with van der Waals surface area (Å²) in [5, 5.41) is 13.0. The normalized spacial score (nSPS) is 12.9. The van der Waals surface area contributed by atoms with Gasteiger partial charge in [-0.2, -0.15) is 0 Å². The summed E-state index contributed by atoms with van der Waals surface area (Å²) >= 11 is 0. The third-order valence-corrected chi connectivity index (χ3v) is 2.80. The van der Waals surface area contributed by atoms with Crippen molar-refractivity contribution in [2.24, 2.45) is 0 Å². The number of nitrogens with one attached hydrogen (secondary N) is 1. The Morgan fingerprint density at radius 1 is 1.24 bits per heavy atom. The Labute approximate surface area is 104 Å². The summed E-state index contributed by atoms with van der Waals surface area (Å²) in [7, 11) is 0. The van der Waals surface area contributed by atoms with Gasteiger partial charge in [-0.25, -0.2) is 0 Å². The monoisotopic (exact) mass is 236 g/mol. The van der Waals surface area contributed by atoms with Gasteiger partial charge in [0.25, 0.3) is 0 Å². The summed E-state index contributed by atoms with van der Waals surface area (Å²) < 4.78 is 0. The molecular weight excluding hydrogens is 212 g/mol. The van der Waals surface area contributed by atoms with E-state index in [-0.39, 0.29) is 6.10 Å². The molecule has 3 nitrogen and oxygen atoms in total. The molecule has 3 heteroatoms. The molecule has 0 radical (unpaired) electrons. The molecule has 0 heterocycles. The highest BCUT2D eigenvalue weighted by Gasteiger charge is 2.09. The van der Waals surface area contributed by atoms with Gasteiger partial charge in [0.1, 0.15) is 0 Å². The molecule has 96 valence electrons. The minimum atomic E-state index is -0.293. The number of aliphatic hydroxyl groups is 1. The zero-order valence-electron chi connectivity index (χ0n) is 10.9. The van der Waals surface area contributed by atoms with Crippen LogP contribution in [-0.2, 0) is 6.54 Å². The Morgan fingerprint density at radius 3 is 2.53 bits per heavy atom. The molecule has 0 bridgehead atoms. The van der Waals surface area contributed by atoms with Gasteiger partial charge in [-0.3, -0.25) is 4.90 Å². The van der Waals surface area contributed by atoms with Crippen molar-refractivity contribution in [3.63, 3.8) is 0 Å². The molecule has 0 fully saturated rings. The molecule has 1 aromatic carbocycles. The van der Waals surface area contributed by atoms with Crippen molar-refractivity contribution in [3.05, 3.63) is 35.9 Å². The predicted molar refractivity (Wildman–Crippen MR) is 71.9 cm³/mol. The molecule has 1 rings (SSSR count). The fourth-order valence-electron chi connectivity index (χ4n) is 1.82. The van der Waals surface area contributed by atoms with Crippen LogP contribution in [-0.4, -0.2) is 42.3 Å². The van der Waals surface area contributed by atoms with Gasteiger partial charge in [0, 0.05) is 19.6 Å². The smallest absolute Gasteiger partial charge is 0.0791 e. The van der Waals surface area contributed by atoms with E-state index >= 15 is 0 Å². The number of rotatable bonds is 8. The van der Waals surface area contributed by atoms with Crippen LogP contribution in [0.2, 0.25) is 0 Å². The molecule has 1 unspecified atom stereocenters. The molecule has 1 atom stereocenters. The average Bonchev–Trinajstić information content (AvgIpc) is 2.36. The molecule has 0 saturated carbocycles. The van der Waals surface area contributed by atoms with E-state index in [2.05, 4.69) is 41.4 Å². The molecule has 0 aliphatic heterocycles. The third kappa shape index (κ3) is 5.82. The quantitative estimate of drug-likeness (QED) is 0.717. The van der Waals surface area contributed by atoms with Gasteiger partial charge < -0.3 is 10.4 Å². The zero-order chi connectivity index (χ0) is 12.5. The highest BCUT2D eigenvalue weighted by molar-refractivity contribution is 5.14. The van der Waals surface area contributed by atoms with Gasteiger partial charge in [-0.1, -0.05) is 44.2 Å². The second kappa shape index (κ2) is 8.23. The van der Waals surface area contributed by atoms with E-state index in [9.17, 15) is 5.11 Å². The number of likely N-dealkylation sites (N-methyl/N-ethyl adjacent to an activating group) is 2. The van der Waals surface area contributed by atoms with Crippen LogP contribution in [0.3, 0.4) is 0 Å². The van der Waals surface area contributed by atoms with Crippen molar-refractivity contribution in [2.75, 3.05) is 26.2 Å². The Morgan fingerprint density at radius 2 is 1.94 bits per heavy atom. The van der Waals surface area contributed by atoms with E-state index < -0.39 is 0 Å². The molecule has 1 aromatic rings. The van der Waals surface area contributed by atoms with Crippen molar-refractivity contribution in [3.8, 4) is 0 Å². The summed E-state index contributed by atoms with van der Waals surface area (Å²) in [4.78, 5) is 2.26.